The Morgan fingerprint density at radius 1 is 0.880 bits per heavy atom. The molecule has 1 atom stereocenters. The van der Waals surface area contributed by atoms with Crippen LogP contribution in [0.15, 0.2) is 67.3 Å². The van der Waals surface area contributed by atoms with Crippen molar-refractivity contribution in [3.63, 3.8) is 0 Å². The third-order valence-electron chi connectivity index (χ3n) is 4.91. The number of allylic oxidation sites excluding steroid dienone is 1. The van der Waals surface area contributed by atoms with Gasteiger partial charge >= 0.3 is 0 Å². The molecule has 0 unspecified atom stereocenters. The Bertz CT molecular complexity index is 665. The summed E-state index contributed by atoms with van der Waals surface area (Å²) >= 11 is 0. The lowest BCUT2D eigenvalue weighted by Gasteiger charge is -2.16. The Balaban J connectivity index is 1.72. The first-order valence-corrected chi connectivity index (χ1v) is 9.68. The topological polar surface area (TPSA) is 20.2 Å². The van der Waals surface area contributed by atoms with Crippen LogP contribution in [-0.2, 0) is 0 Å². The van der Waals surface area contributed by atoms with Gasteiger partial charge in [0.2, 0.25) is 0 Å². The molecule has 0 aromatic heterocycles. The molecule has 2 aromatic carbocycles. The third-order valence-corrected chi connectivity index (χ3v) is 4.91. The number of rotatable bonds is 12. The van der Waals surface area contributed by atoms with Crippen LogP contribution in [0.3, 0.4) is 0 Å². The summed E-state index contributed by atoms with van der Waals surface area (Å²) in [4.78, 5) is 0. The van der Waals surface area contributed by atoms with Crippen LogP contribution in [-0.4, -0.2) is 5.11 Å². The minimum Gasteiger partial charge on any atom is -0.384 e. The molecule has 0 aliphatic heterocycles. The van der Waals surface area contributed by atoms with E-state index in [1.165, 1.54) is 43.9 Å². The van der Waals surface area contributed by atoms with Crippen molar-refractivity contribution in [1.29, 1.82) is 0 Å². The molecule has 0 bridgehead atoms. The highest BCUT2D eigenvalue weighted by atomic mass is 16.3. The van der Waals surface area contributed by atoms with Gasteiger partial charge in [0.05, 0.1) is 0 Å². The van der Waals surface area contributed by atoms with E-state index in [1.54, 1.807) is 0 Å². The van der Waals surface area contributed by atoms with Crippen LogP contribution in [0.2, 0.25) is 0 Å². The number of aliphatic hydroxyl groups excluding tert-OH is 1. The zero-order chi connectivity index (χ0) is 17.9. The first-order chi connectivity index (χ1) is 12.2. The highest BCUT2D eigenvalue weighted by Crippen LogP contribution is 2.30. The number of benzene rings is 2. The van der Waals surface area contributed by atoms with Gasteiger partial charge in [-0.25, -0.2) is 0 Å². The van der Waals surface area contributed by atoms with Gasteiger partial charge in [-0.1, -0.05) is 87.2 Å². The molecule has 2 rings (SSSR count). The number of fused-ring (bicyclic) bond motifs is 1. The van der Waals surface area contributed by atoms with E-state index in [2.05, 4.69) is 31.4 Å². The van der Waals surface area contributed by atoms with E-state index in [-0.39, 0.29) is 0 Å². The van der Waals surface area contributed by atoms with Crippen molar-refractivity contribution in [2.24, 2.45) is 0 Å². The normalized spacial score (nSPS) is 12.2. The van der Waals surface area contributed by atoms with Crippen LogP contribution in [0.1, 0.15) is 69.5 Å². The van der Waals surface area contributed by atoms with Crippen molar-refractivity contribution >= 4 is 10.8 Å². The monoisotopic (exact) mass is 336 g/mol. The quantitative estimate of drug-likeness (QED) is 0.323. The summed E-state index contributed by atoms with van der Waals surface area (Å²) in [6, 6.07) is 14.3. The number of unbranched alkanes of at least 4 members (excludes halogenated alkanes) is 7. The predicted octanol–water partition coefficient (Wildman–Crippen LogP) is 7.13. The maximum Gasteiger partial charge on any atom is 0.100 e. The highest BCUT2D eigenvalue weighted by Gasteiger charge is 2.14. The Hall–Kier alpha value is -1.86. The van der Waals surface area contributed by atoms with Crippen LogP contribution in [0.4, 0.5) is 0 Å². The van der Waals surface area contributed by atoms with Gasteiger partial charge in [-0.05, 0) is 47.6 Å². The smallest absolute Gasteiger partial charge is 0.100 e. The summed E-state index contributed by atoms with van der Waals surface area (Å²) in [7, 11) is 0. The van der Waals surface area contributed by atoms with Gasteiger partial charge in [-0.15, -0.1) is 6.58 Å². The molecule has 0 amide bonds. The van der Waals surface area contributed by atoms with Gasteiger partial charge < -0.3 is 5.11 Å². The minimum atomic E-state index is -0.565. The third kappa shape index (κ3) is 6.17. The zero-order valence-corrected chi connectivity index (χ0v) is 15.4. The summed E-state index contributed by atoms with van der Waals surface area (Å²) in [6.45, 7) is 7.91. The van der Waals surface area contributed by atoms with Crippen molar-refractivity contribution < 1.29 is 5.11 Å². The van der Waals surface area contributed by atoms with E-state index in [0.29, 0.717) is 0 Å². The van der Waals surface area contributed by atoms with Gasteiger partial charge in [-0.3, -0.25) is 0 Å². The molecule has 1 heteroatoms. The van der Waals surface area contributed by atoms with E-state index < -0.39 is 6.10 Å². The molecule has 0 saturated heterocycles. The van der Waals surface area contributed by atoms with Crippen LogP contribution < -0.4 is 0 Å². The maximum absolute atomic E-state index is 10.7. The number of hydrogen-bond donors (Lipinski definition) is 1. The fourth-order valence-corrected chi connectivity index (χ4v) is 3.37. The molecule has 0 aliphatic rings. The maximum atomic E-state index is 10.7. The number of hydrogen-bond acceptors (Lipinski definition) is 1. The molecule has 1 nitrogen and oxygen atoms in total. The lowest BCUT2D eigenvalue weighted by atomic mass is 9.94. The fourth-order valence-electron chi connectivity index (χ4n) is 3.37. The van der Waals surface area contributed by atoms with Crippen molar-refractivity contribution in [2.75, 3.05) is 0 Å². The van der Waals surface area contributed by atoms with E-state index in [9.17, 15) is 5.11 Å². The van der Waals surface area contributed by atoms with Crippen molar-refractivity contribution in [1.82, 2.24) is 0 Å². The molecule has 0 radical (unpaired) electrons. The van der Waals surface area contributed by atoms with Gasteiger partial charge in [0.15, 0.2) is 0 Å². The second-order valence-electron chi connectivity index (χ2n) is 6.93. The summed E-state index contributed by atoms with van der Waals surface area (Å²) in [5.74, 6) is 0. The summed E-state index contributed by atoms with van der Waals surface area (Å²) < 4.78 is 0. The molecule has 0 aliphatic carbocycles. The second-order valence-corrected chi connectivity index (χ2v) is 6.93. The predicted molar refractivity (Wildman–Crippen MR) is 110 cm³/mol. The minimum absolute atomic E-state index is 0.565. The van der Waals surface area contributed by atoms with E-state index >= 15 is 0 Å². The van der Waals surface area contributed by atoms with Gasteiger partial charge in [0.1, 0.15) is 6.10 Å². The van der Waals surface area contributed by atoms with Gasteiger partial charge in [0, 0.05) is 0 Å². The molecule has 25 heavy (non-hydrogen) atoms. The lowest BCUT2D eigenvalue weighted by molar-refractivity contribution is 0.212. The van der Waals surface area contributed by atoms with Crippen LogP contribution in [0.5, 0.6) is 0 Å². The Kier molecular flexibility index (Phi) is 8.48. The fraction of sp³-hybridized carbons (Fsp3) is 0.417. The Labute approximate surface area is 153 Å². The van der Waals surface area contributed by atoms with Gasteiger partial charge in [0.25, 0.3) is 0 Å². The van der Waals surface area contributed by atoms with Gasteiger partial charge in [-0.2, -0.15) is 0 Å². The van der Waals surface area contributed by atoms with Crippen LogP contribution >= 0.6 is 0 Å². The van der Waals surface area contributed by atoms with Crippen LogP contribution in [0, 0.1) is 0 Å². The summed E-state index contributed by atoms with van der Waals surface area (Å²) in [6.07, 6.45) is 12.4. The molecule has 0 saturated carbocycles. The van der Waals surface area contributed by atoms with Crippen molar-refractivity contribution in [2.45, 2.75) is 63.9 Å². The molecule has 0 heterocycles. The average Bonchev–Trinajstić information content (AvgIpc) is 2.65. The molecular weight excluding hydrogens is 304 g/mol. The standard InChI is InChI=1S/C24H32O/c1-3-4-5-6-7-8-9-10-11-15-20(2)24(25)23-19-14-17-21-16-12-13-18-22(21)23/h3,12-14,16-19,24-25H,1-2,4-11,15H2/t24-/m1/s1. The molecule has 134 valence electrons. The summed E-state index contributed by atoms with van der Waals surface area (Å²) in [5, 5.41) is 13.0. The van der Waals surface area contributed by atoms with Crippen molar-refractivity contribution in [3.8, 4) is 0 Å². The SMILES string of the molecule is C=CCCCCCCCCCC(=C)[C@@H](O)c1cccc2ccccc12. The lowest BCUT2D eigenvalue weighted by Crippen LogP contribution is -2.02. The van der Waals surface area contributed by atoms with E-state index in [4.69, 9.17) is 0 Å². The van der Waals surface area contributed by atoms with E-state index in [1.807, 2.05) is 30.3 Å². The van der Waals surface area contributed by atoms with Crippen LogP contribution in [0.25, 0.3) is 10.8 Å². The zero-order valence-electron chi connectivity index (χ0n) is 15.4. The Morgan fingerprint density at radius 2 is 1.52 bits per heavy atom. The van der Waals surface area contributed by atoms with E-state index in [0.717, 1.165) is 35.8 Å². The van der Waals surface area contributed by atoms with Crippen molar-refractivity contribution in [3.05, 3.63) is 72.8 Å². The molecule has 0 fully saturated rings. The molecule has 1 N–H and O–H groups in total. The summed E-state index contributed by atoms with van der Waals surface area (Å²) in [5.41, 5.74) is 1.91. The number of aliphatic hydroxyl groups is 1. The first kappa shape index (κ1) is 19.5. The Morgan fingerprint density at radius 3 is 2.28 bits per heavy atom. The second kappa shape index (κ2) is 10.9. The highest BCUT2D eigenvalue weighted by molar-refractivity contribution is 5.86. The average molecular weight is 337 g/mol. The molecule has 0 spiro atoms. The molecular formula is C24H32O. The molecule has 2 aromatic rings. The largest absolute Gasteiger partial charge is 0.384 e. The first-order valence-electron chi connectivity index (χ1n) is 9.68.